The maximum Gasteiger partial charge on any atom is 0.283 e. The van der Waals surface area contributed by atoms with Gasteiger partial charge in [0.2, 0.25) is 0 Å². The van der Waals surface area contributed by atoms with Crippen molar-refractivity contribution in [3.8, 4) is 0 Å². The van der Waals surface area contributed by atoms with E-state index in [4.69, 9.17) is 0 Å². The van der Waals surface area contributed by atoms with Crippen LogP contribution in [0.4, 0.5) is 5.69 Å². The van der Waals surface area contributed by atoms with Crippen LogP contribution in [0.25, 0.3) is 0 Å². The number of halogens is 1. The molecule has 0 radical (unpaired) electrons. The highest BCUT2D eigenvalue weighted by atomic mass is 79.9. The van der Waals surface area contributed by atoms with E-state index in [0.717, 1.165) is 17.2 Å². The fourth-order valence-electron chi connectivity index (χ4n) is 1.39. The van der Waals surface area contributed by atoms with Crippen molar-refractivity contribution in [1.29, 1.82) is 0 Å². The highest BCUT2D eigenvalue weighted by Crippen LogP contribution is 2.18. The molecule has 0 aliphatic carbocycles. The molecule has 1 unspecified atom stereocenters. The summed E-state index contributed by atoms with van der Waals surface area (Å²) in [5.41, 5.74) is 0.678. The minimum absolute atomic E-state index is 0.0900. The molecule has 1 rings (SSSR count). The molecule has 4 nitrogen and oxygen atoms in total. The third kappa shape index (κ3) is 4.03. The van der Waals surface area contributed by atoms with Gasteiger partial charge in [0.1, 0.15) is 4.47 Å². The fourth-order valence-corrected chi connectivity index (χ4v) is 2.49. The van der Waals surface area contributed by atoms with E-state index >= 15 is 0 Å². The van der Waals surface area contributed by atoms with Crippen LogP contribution in [0, 0.1) is 0 Å². The second-order valence-corrected chi connectivity index (χ2v) is 5.81. The molecule has 0 bridgehead atoms. The average molecular weight is 320 g/mol. The Bertz CT molecular complexity index is 422. The Morgan fingerprint density at radius 3 is 2.88 bits per heavy atom. The van der Waals surface area contributed by atoms with Gasteiger partial charge in [-0.2, -0.15) is 16.9 Å². The second kappa shape index (κ2) is 7.06. The normalized spacial score (nSPS) is 12.5. The maximum absolute atomic E-state index is 11.8. The molecule has 0 saturated carbocycles. The number of hydrogen-bond donors (Lipinski definition) is 1. The van der Waals surface area contributed by atoms with Crippen molar-refractivity contribution in [3.63, 3.8) is 0 Å². The minimum Gasteiger partial charge on any atom is -0.379 e. The smallest absolute Gasteiger partial charge is 0.283 e. The third-order valence-corrected chi connectivity index (χ3v) is 4.17. The monoisotopic (exact) mass is 319 g/mol. The Kier molecular flexibility index (Phi) is 6.05. The van der Waals surface area contributed by atoms with Crippen LogP contribution >= 0.6 is 27.7 Å². The zero-order valence-electron chi connectivity index (χ0n) is 10.4. The highest BCUT2D eigenvalue weighted by molar-refractivity contribution is 9.10. The largest absolute Gasteiger partial charge is 0.379 e. The van der Waals surface area contributed by atoms with Crippen molar-refractivity contribution in [1.82, 2.24) is 9.78 Å². The van der Waals surface area contributed by atoms with Crippen LogP contribution in [-0.4, -0.2) is 27.3 Å². The summed E-state index contributed by atoms with van der Waals surface area (Å²) in [4.78, 5) is 11.8. The first-order valence-electron chi connectivity index (χ1n) is 5.70. The molecular formula is C11H18BrN3OS. The number of thioether (sulfide) groups is 1. The first kappa shape index (κ1) is 14.6. The quantitative estimate of drug-likeness (QED) is 0.875. The van der Waals surface area contributed by atoms with E-state index in [9.17, 15) is 4.79 Å². The summed E-state index contributed by atoms with van der Waals surface area (Å²) in [6.45, 7) is 6.71. The van der Waals surface area contributed by atoms with Gasteiger partial charge in [0.15, 0.2) is 0 Å². The molecule has 0 spiro atoms. The molecule has 96 valence electrons. The summed E-state index contributed by atoms with van der Waals surface area (Å²) in [6, 6.07) is 0.315. The summed E-state index contributed by atoms with van der Waals surface area (Å²) >= 11 is 5.20. The van der Waals surface area contributed by atoms with Crippen LogP contribution in [0.5, 0.6) is 0 Å². The van der Waals surface area contributed by atoms with Gasteiger partial charge in [0.25, 0.3) is 5.56 Å². The van der Waals surface area contributed by atoms with Crippen LogP contribution in [0.3, 0.4) is 0 Å². The topological polar surface area (TPSA) is 46.9 Å². The molecule has 17 heavy (non-hydrogen) atoms. The van der Waals surface area contributed by atoms with Gasteiger partial charge in [-0.05, 0) is 35.5 Å². The zero-order chi connectivity index (χ0) is 12.8. The first-order chi connectivity index (χ1) is 8.10. The number of rotatable bonds is 6. The lowest BCUT2D eigenvalue weighted by Gasteiger charge is -2.15. The number of hydrogen-bond acceptors (Lipinski definition) is 4. The Morgan fingerprint density at radius 2 is 2.29 bits per heavy atom. The van der Waals surface area contributed by atoms with Gasteiger partial charge in [-0.15, -0.1) is 0 Å². The van der Waals surface area contributed by atoms with Crippen LogP contribution in [0.1, 0.15) is 20.8 Å². The van der Waals surface area contributed by atoms with Crippen molar-refractivity contribution in [2.75, 3.05) is 16.8 Å². The van der Waals surface area contributed by atoms with Gasteiger partial charge in [0, 0.05) is 18.3 Å². The standard InChI is InChI=1S/C11H18BrN3OS/c1-4-15-11(16)10(12)9(6-13-15)14-8(3)7-17-5-2/h6,8,14H,4-5,7H2,1-3H3. The molecule has 0 aliphatic heterocycles. The van der Waals surface area contributed by atoms with E-state index < -0.39 is 0 Å². The highest BCUT2D eigenvalue weighted by Gasteiger charge is 2.10. The van der Waals surface area contributed by atoms with E-state index in [-0.39, 0.29) is 5.56 Å². The molecule has 0 saturated heterocycles. The van der Waals surface area contributed by atoms with E-state index in [0.29, 0.717) is 17.1 Å². The lowest BCUT2D eigenvalue weighted by molar-refractivity contribution is 0.612. The van der Waals surface area contributed by atoms with Crippen LogP contribution in [0.15, 0.2) is 15.5 Å². The van der Waals surface area contributed by atoms with Gasteiger partial charge in [-0.3, -0.25) is 4.79 Å². The number of nitrogens with one attached hydrogen (secondary N) is 1. The van der Waals surface area contributed by atoms with Gasteiger partial charge in [0.05, 0.1) is 11.9 Å². The predicted octanol–water partition coefficient (Wildman–Crippen LogP) is 2.58. The van der Waals surface area contributed by atoms with E-state index in [2.05, 4.69) is 40.2 Å². The molecule has 1 aromatic heterocycles. The molecule has 1 atom stereocenters. The summed E-state index contributed by atoms with van der Waals surface area (Å²) in [7, 11) is 0. The van der Waals surface area contributed by atoms with Crippen molar-refractivity contribution in [2.24, 2.45) is 0 Å². The molecular weight excluding hydrogens is 302 g/mol. The van der Waals surface area contributed by atoms with Crippen LogP contribution in [0.2, 0.25) is 0 Å². The van der Waals surface area contributed by atoms with E-state index in [1.807, 2.05) is 18.7 Å². The molecule has 6 heteroatoms. The summed E-state index contributed by atoms with van der Waals surface area (Å²) in [6.07, 6.45) is 1.70. The van der Waals surface area contributed by atoms with Crippen LogP contribution in [-0.2, 0) is 6.54 Å². The van der Waals surface area contributed by atoms with Crippen molar-refractivity contribution >= 4 is 33.4 Å². The van der Waals surface area contributed by atoms with E-state index in [1.165, 1.54) is 4.68 Å². The summed E-state index contributed by atoms with van der Waals surface area (Å²) in [5.74, 6) is 2.11. The van der Waals surface area contributed by atoms with Gasteiger partial charge in [-0.25, -0.2) is 4.68 Å². The maximum atomic E-state index is 11.8. The number of anilines is 1. The summed E-state index contributed by atoms with van der Waals surface area (Å²) in [5, 5.41) is 7.39. The van der Waals surface area contributed by atoms with Gasteiger partial charge in [-0.1, -0.05) is 6.92 Å². The molecule has 0 fully saturated rings. The molecule has 1 aromatic rings. The second-order valence-electron chi connectivity index (χ2n) is 3.70. The zero-order valence-corrected chi connectivity index (χ0v) is 12.8. The third-order valence-electron chi connectivity index (χ3n) is 2.26. The van der Waals surface area contributed by atoms with Crippen molar-refractivity contribution in [3.05, 3.63) is 21.0 Å². The molecule has 0 aliphatic rings. The molecule has 0 aromatic carbocycles. The molecule has 1 heterocycles. The van der Waals surface area contributed by atoms with Crippen molar-refractivity contribution < 1.29 is 0 Å². The summed E-state index contributed by atoms with van der Waals surface area (Å²) < 4.78 is 1.99. The SMILES string of the molecule is CCSCC(C)Nc1cnn(CC)c(=O)c1Br. The van der Waals surface area contributed by atoms with Crippen LogP contribution < -0.4 is 10.9 Å². The van der Waals surface area contributed by atoms with Gasteiger partial charge < -0.3 is 5.32 Å². The number of nitrogens with zero attached hydrogens (tertiary/aromatic N) is 2. The Balaban J connectivity index is 2.79. The minimum atomic E-state index is -0.0900. The average Bonchev–Trinajstić information content (AvgIpc) is 2.33. The Labute approximate surface area is 114 Å². The molecule has 1 N–H and O–H groups in total. The van der Waals surface area contributed by atoms with Crippen molar-refractivity contribution in [2.45, 2.75) is 33.4 Å². The first-order valence-corrected chi connectivity index (χ1v) is 7.64. The fraction of sp³-hybridized carbons (Fsp3) is 0.636. The Morgan fingerprint density at radius 1 is 1.59 bits per heavy atom. The number of aryl methyl sites for hydroxylation is 1. The van der Waals surface area contributed by atoms with Gasteiger partial charge >= 0.3 is 0 Å². The Hall–Kier alpha value is -0.490. The predicted molar refractivity (Wildman–Crippen MR) is 78.0 cm³/mol. The number of aromatic nitrogens is 2. The molecule has 0 amide bonds. The van der Waals surface area contributed by atoms with E-state index in [1.54, 1.807) is 6.20 Å². The lowest BCUT2D eigenvalue weighted by atomic mass is 10.3. The lowest BCUT2D eigenvalue weighted by Crippen LogP contribution is -2.26.